The highest BCUT2D eigenvalue weighted by Gasteiger charge is 2.12. The van der Waals surface area contributed by atoms with Crippen LogP contribution in [0.5, 0.6) is 0 Å². The molecule has 1 aromatic carbocycles. The highest BCUT2D eigenvalue weighted by molar-refractivity contribution is 6.00. The van der Waals surface area contributed by atoms with E-state index in [-0.39, 0.29) is 6.03 Å². The van der Waals surface area contributed by atoms with E-state index >= 15 is 0 Å². The Morgan fingerprint density at radius 1 is 1.28 bits per heavy atom. The van der Waals surface area contributed by atoms with Gasteiger partial charge in [-0.1, -0.05) is 25.5 Å². The quantitative estimate of drug-likeness (QED) is 0.623. The lowest BCUT2D eigenvalue weighted by atomic mass is 10.2. The molecule has 0 saturated carbocycles. The monoisotopic (exact) mass is 250 g/mol. The van der Waals surface area contributed by atoms with Crippen molar-refractivity contribution in [2.45, 2.75) is 19.8 Å². The van der Waals surface area contributed by atoms with Gasteiger partial charge in [0.15, 0.2) is 0 Å². The molecule has 5 heteroatoms. The summed E-state index contributed by atoms with van der Waals surface area (Å²) in [5.74, 6) is -0.473. The molecule has 1 rings (SSSR count). The molecular formula is C13H18N2O3. The van der Waals surface area contributed by atoms with Gasteiger partial charge in [0.05, 0.1) is 18.4 Å². The Balaban J connectivity index is 2.66. The van der Waals surface area contributed by atoms with E-state index in [9.17, 15) is 9.59 Å². The van der Waals surface area contributed by atoms with Crippen molar-refractivity contribution in [2.75, 3.05) is 19.0 Å². The summed E-state index contributed by atoms with van der Waals surface area (Å²) in [6.45, 7) is 2.66. The van der Waals surface area contributed by atoms with Crippen LogP contribution in [0.4, 0.5) is 10.5 Å². The molecule has 0 aliphatic heterocycles. The number of ether oxygens (including phenoxy) is 1. The van der Waals surface area contributed by atoms with Gasteiger partial charge in [-0.05, 0) is 18.6 Å². The summed E-state index contributed by atoms with van der Waals surface area (Å²) in [5.41, 5.74) is 0.781. The molecule has 0 atom stereocenters. The van der Waals surface area contributed by atoms with Crippen molar-refractivity contribution < 1.29 is 14.3 Å². The van der Waals surface area contributed by atoms with E-state index in [4.69, 9.17) is 0 Å². The minimum atomic E-state index is -0.473. The Bertz CT molecular complexity index is 418. The number of methoxy groups -OCH3 is 1. The Hall–Kier alpha value is -2.04. The Morgan fingerprint density at radius 2 is 2.00 bits per heavy atom. The molecule has 0 aliphatic rings. The molecule has 0 aliphatic carbocycles. The first-order chi connectivity index (χ1) is 8.69. The van der Waals surface area contributed by atoms with Gasteiger partial charge >= 0.3 is 12.0 Å². The molecule has 98 valence electrons. The molecule has 18 heavy (non-hydrogen) atoms. The number of hydrogen-bond acceptors (Lipinski definition) is 3. The van der Waals surface area contributed by atoms with Gasteiger partial charge in [-0.3, -0.25) is 0 Å². The molecule has 0 aromatic heterocycles. The van der Waals surface area contributed by atoms with E-state index in [0.29, 0.717) is 17.8 Å². The molecule has 2 amide bonds. The minimum absolute atomic E-state index is 0.320. The van der Waals surface area contributed by atoms with E-state index in [1.165, 1.54) is 7.11 Å². The minimum Gasteiger partial charge on any atom is -0.465 e. The first-order valence-electron chi connectivity index (χ1n) is 5.91. The van der Waals surface area contributed by atoms with Crippen LogP contribution in [0.25, 0.3) is 0 Å². The number of esters is 1. The molecule has 0 saturated heterocycles. The van der Waals surface area contributed by atoms with Gasteiger partial charge < -0.3 is 15.4 Å². The molecule has 0 fully saturated rings. The summed E-state index contributed by atoms with van der Waals surface area (Å²) < 4.78 is 4.65. The van der Waals surface area contributed by atoms with E-state index in [0.717, 1.165) is 12.8 Å². The SMILES string of the molecule is CCCCNC(=O)Nc1ccccc1C(=O)OC. The lowest BCUT2D eigenvalue weighted by Crippen LogP contribution is -2.30. The second-order valence-electron chi connectivity index (χ2n) is 3.77. The van der Waals surface area contributed by atoms with Crippen molar-refractivity contribution in [1.82, 2.24) is 5.32 Å². The van der Waals surface area contributed by atoms with Crippen molar-refractivity contribution in [3.8, 4) is 0 Å². The van der Waals surface area contributed by atoms with Gasteiger partial charge in [0.1, 0.15) is 0 Å². The molecule has 5 nitrogen and oxygen atoms in total. The number of urea groups is 1. The summed E-state index contributed by atoms with van der Waals surface area (Å²) in [6, 6.07) is 6.40. The molecule has 1 aromatic rings. The molecule has 0 radical (unpaired) electrons. The number of unbranched alkanes of at least 4 members (excludes halogenated alkanes) is 1. The Kier molecular flexibility index (Phi) is 5.70. The van der Waals surface area contributed by atoms with Crippen molar-refractivity contribution in [1.29, 1.82) is 0 Å². The number of anilines is 1. The first kappa shape index (κ1) is 14.0. The van der Waals surface area contributed by atoms with Crippen LogP contribution in [-0.4, -0.2) is 25.7 Å². The van der Waals surface area contributed by atoms with Crippen molar-refractivity contribution in [3.05, 3.63) is 29.8 Å². The maximum Gasteiger partial charge on any atom is 0.339 e. The third kappa shape index (κ3) is 4.08. The van der Waals surface area contributed by atoms with Crippen LogP contribution in [0.2, 0.25) is 0 Å². The fraction of sp³-hybridized carbons (Fsp3) is 0.385. The summed E-state index contributed by atoms with van der Waals surface area (Å²) in [4.78, 5) is 23.1. The number of nitrogens with one attached hydrogen (secondary N) is 2. The van der Waals surface area contributed by atoms with Crippen LogP contribution in [-0.2, 0) is 4.74 Å². The Morgan fingerprint density at radius 3 is 2.67 bits per heavy atom. The van der Waals surface area contributed by atoms with Gasteiger partial charge in [0.2, 0.25) is 0 Å². The number of para-hydroxylation sites is 1. The van der Waals surface area contributed by atoms with Crippen molar-refractivity contribution in [3.63, 3.8) is 0 Å². The number of amides is 2. The van der Waals surface area contributed by atoms with E-state index in [1.807, 2.05) is 6.92 Å². The number of carbonyl (C=O) groups excluding carboxylic acids is 2. The van der Waals surface area contributed by atoms with Gasteiger partial charge in [-0.15, -0.1) is 0 Å². The average molecular weight is 250 g/mol. The van der Waals surface area contributed by atoms with Gasteiger partial charge in [0, 0.05) is 6.54 Å². The van der Waals surface area contributed by atoms with Gasteiger partial charge in [-0.25, -0.2) is 9.59 Å². The number of hydrogen-bond donors (Lipinski definition) is 2. The van der Waals surface area contributed by atoms with Crippen molar-refractivity contribution in [2.24, 2.45) is 0 Å². The highest BCUT2D eigenvalue weighted by atomic mass is 16.5. The standard InChI is InChI=1S/C13H18N2O3/c1-3-4-9-14-13(17)15-11-8-6-5-7-10(11)12(16)18-2/h5-8H,3-4,9H2,1-2H3,(H2,14,15,17). The molecule has 0 unspecified atom stereocenters. The fourth-order valence-electron chi connectivity index (χ4n) is 1.43. The van der Waals surface area contributed by atoms with Crippen molar-refractivity contribution >= 4 is 17.7 Å². The second kappa shape index (κ2) is 7.32. The van der Waals surface area contributed by atoms with Gasteiger partial charge in [-0.2, -0.15) is 0 Å². The molecular weight excluding hydrogens is 232 g/mol. The maximum absolute atomic E-state index is 11.6. The maximum atomic E-state index is 11.6. The Labute approximate surface area is 107 Å². The van der Waals surface area contributed by atoms with Crippen LogP contribution in [0.1, 0.15) is 30.1 Å². The zero-order valence-corrected chi connectivity index (χ0v) is 10.7. The zero-order chi connectivity index (χ0) is 13.4. The number of carbonyl (C=O) groups is 2. The largest absolute Gasteiger partial charge is 0.465 e. The van der Waals surface area contributed by atoms with E-state index < -0.39 is 5.97 Å². The fourth-order valence-corrected chi connectivity index (χ4v) is 1.43. The highest BCUT2D eigenvalue weighted by Crippen LogP contribution is 2.15. The van der Waals surface area contributed by atoms with Crippen LogP contribution >= 0.6 is 0 Å². The van der Waals surface area contributed by atoms with E-state index in [2.05, 4.69) is 15.4 Å². The topological polar surface area (TPSA) is 67.4 Å². The number of benzene rings is 1. The van der Waals surface area contributed by atoms with Crippen LogP contribution in [0, 0.1) is 0 Å². The predicted molar refractivity (Wildman–Crippen MR) is 69.7 cm³/mol. The first-order valence-corrected chi connectivity index (χ1v) is 5.91. The van der Waals surface area contributed by atoms with Crippen LogP contribution in [0.15, 0.2) is 24.3 Å². The third-order valence-electron chi connectivity index (χ3n) is 2.40. The van der Waals surface area contributed by atoms with E-state index in [1.54, 1.807) is 24.3 Å². The number of rotatable bonds is 5. The predicted octanol–water partition coefficient (Wildman–Crippen LogP) is 2.39. The lowest BCUT2D eigenvalue weighted by Gasteiger charge is -2.10. The third-order valence-corrected chi connectivity index (χ3v) is 2.40. The summed E-state index contributed by atoms with van der Waals surface area (Å²) in [5, 5.41) is 5.35. The summed E-state index contributed by atoms with van der Waals surface area (Å²) in [6.07, 6.45) is 1.94. The average Bonchev–Trinajstić information content (AvgIpc) is 2.39. The normalized spacial score (nSPS) is 9.67. The van der Waals surface area contributed by atoms with Gasteiger partial charge in [0.25, 0.3) is 0 Å². The lowest BCUT2D eigenvalue weighted by molar-refractivity contribution is 0.0602. The van der Waals surface area contributed by atoms with Crippen LogP contribution in [0.3, 0.4) is 0 Å². The van der Waals surface area contributed by atoms with Crippen LogP contribution < -0.4 is 10.6 Å². The summed E-state index contributed by atoms with van der Waals surface area (Å²) in [7, 11) is 1.31. The summed E-state index contributed by atoms with van der Waals surface area (Å²) >= 11 is 0. The molecule has 0 heterocycles. The smallest absolute Gasteiger partial charge is 0.339 e. The molecule has 0 spiro atoms. The zero-order valence-electron chi connectivity index (χ0n) is 10.7. The second-order valence-corrected chi connectivity index (χ2v) is 3.77. The molecule has 0 bridgehead atoms. The molecule has 2 N–H and O–H groups in total.